The minimum absolute atomic E-state index is 0.000701. The van der Waals surface area contributed by atoms with Crippen LogP contribution in [0.4, 0.5) is 0 Å². The number of nitrogens with one attached hydrogen (secondary N) is 1. The van der Waals surface area contributed by atoms with Gasteiger partial charge >= 0.3 is 0 Å². The lowest BCUT2D eigenvalue weighted by atomic mass is 10.2. The van der Waals surface area contributed by atoms with Gasteiger partial charge in [0.2, 0.25) is 10.0 Å². The van der Waals surface area contributed by atoms with Gasteiger partial charge in [0.1, 0.15) is 5.69 Å². The van der Waals surface area contributed by atoms with Gasteiger partial charge in [-0.2, -0.15) is 4.31 Å². The molecule has 0 unspecified atom stereocenters. The van der Waals surface area contributed by atoms with E-state index in [0.29, 0.717) is 25.3 Å². The molecule has 9 heteroatoms. The third-order valence-corrected chi connectivity index (χ3v) is 7.26. The van der Waals surface area contributed by atoms with E-state index in [-0.39, 0.29) is 17.7 Å². The lowest BCUT2D eigenvalue weighted by Gasteiger charge is -2.34. The SMILES string of the molecule is CNC(=O)c1ccc2n1CCN(S(=O)(=O)CCn1cnc3ccccc31)[C@@H]2C. The summed E-state index contributed by atoms with van der Waals surface area (Å²) in [6, 6.07) is 10.9. The van der Waals surface area contributed by atoms with E-state index in [9.17, 15) is 13.2 Å². The number of para-hydroxylation sites is 2. The Kier molecular flexibility index (Phi) is 4.72. The molecule has 0 saturated carbocycles. The molecule has 8 nitrogen and oxygen atoms in total. The van der Waals surface area contributed by atoms with Crippen molar-refractivity contribution in [3.63, 3.8) is 0 Å². The molecular weight excluding hydrogens is 378 g/mol. The van der Waals surface area contributed by atoms with Gasteiger partial charge in [-0.05, 0) is 31.2 Å². The predicted molar refractivity (Wildman–Crippen MR) is 106 cm³/mol. The number of rotatable bonds is 5. The van der Waals surface area contributed by atoms with Gasteiger partial charge in [-0.15, -0.1) is 0 Å². The number of aryl methyl sites for hydroxylation is 1. The zero-order valence-corrected chi connectivity index (χ0v) is 16.7. The van der Waals surface area contributed by atoms with E-state index in [0.717, 1.165) is 16.7 Å². The molecule has 0 saturated heterocycles. The fourth-order valence-electron chi connectivity index (χ4n) is 3.86. The first-order valence-electron chi connectivity index (χ1n) is 9.23. The van der Waals surface area contributed by atoms with Crippen molar-refractivity contribution in [3.05, 3.63) is 54.1 Å². The largest absolute Gasteiger partial charge is 0.354 e. The predicted octanol–water partition coefficient (Wildman–Crippen LogP) is 1.60. The monoisotopic (exact) mass is 401 g/mol. The van der Waals surface area contributed by atoms with Crippen molar-refractivity contribution < 1.29 is 13.2 Å². The number of hydrogen-bond donors (Lipinski definition) is 1. The summed E-state index contributed by atoms with van der Waals surface area (Å²) in [7, 11) is -1.88. The highest BCUT2D eigenvalue weighted by atomic mass is 32.2. The molecule has 1 atom stereocenters. The topological polar surface area (TPSA) is 89.2 Å². The van der Waals surface area contributed by atoms with Crippen LogP contribution in [0.3, 0.4) is 0 Å². The van der Waals surface area contributed by atoms with Crippen molar-refractivity contribution in [1.29, 1.82) is 0 Å². The molecule has 1 aromatic carbocycles. The van der Waals surface area contributed by atoms with E-state index < -0.39 is 10.0 Å². The molecule has 0 spiro atoms. The fourth-order valence-corrected chi connectivity index (χ4v) is 5.47. The van der Waals surface area contributed by atoms with Gasteiger partial charge in [0.05, 0.1) is 29.2 Å². The van der Waals surface area contributed by atoms with Crippen LogP contribution in [0, 0.1) is 0 Å². The molecule has 1 aliphatic rings. The summed E-state index contributed by atoms with van der Waals surface area (Å²) in [6.45, 7) is 3.02. The van der Waals surface area contributed by atoms with Gasteiger partial charge < -0.3 is 14.5 Å². The molecule has 0 aliphatic carbocycles. The second kappa shape index (κ2) is 7.06. The van der Waals surface area contributed by atoms with Crippen LogP contribution in [-0.2, 0) is 23.1 Å². The third kappa shape index (κ3) is 3.10. The van der Waals surface area contributed by atoms with Crippen molar-refractivity contribution in [3.8, 4) is 0 Å². The molecule has 4 rings (SSSR count). The molecule has 1 amide bonds. The lowest BCUT2D eigenvalue weighted by Crippen LogP contribution is -2.43. The molecule has 0 bridgehead atoms. The first kappa shape index (κ1) is 18.7. The number of benzene rings is 1. The average molecular weight is 401 g/mol. The molecule has 3 heterocycles. The average Bonchev–Trinajstić information content (AvgIpc) is 3.30. The molecule has 0 radical (unpaired) electrons. The number of sulfonamides is 1. The van der Waals surface area contributed by atoms with Gasteiger partial charge in [0, 0.05) is 32.4 Å². The molecule has 3 aromatic rings. The highest BCUT2D eigenvalue weighted by Crippen LogP contribution is 2.30. The number of fused-ring (bicyclic) bond motifs is 2. The quantitative estimate of drug-likeness (QED) is 0.703. The molecule has 0 fully saturated rings. The second-order valence-corrected chi connectivity index (χ2v) is 8.94. The Morgan fingerprint density at radius 3 is 2.79 bits per heavy atom. The van der Waals surface area contributed by atoms with Crippen molar-refractivity contribution in [2.24, 2.45) is 0 Å². The summed E-state index contributed by atoms with van der Waals surface area (Å²) < 4.78 is 31.4. The number of amides is 1. The fraction of sp³-hybridized carbons (Fsp3) is 0.368. The number of imidazole rings is 1. The van der Waals surface area contributed by atoms with Crippen LogP contribution in [0.5, 0.6) is 0 Å². The highest BCUT2D eigenvalue weighted by molar-refractivity contribution is 7.89. The Balaban J connectivity index is 1.53. The minimum atomic E-state index is -3.47. The Bertz CT molecular complexity index is 1130. The van der Waals surface area contributed by atoms with Crippen LogP contribution < -0.4 is 5.32 Å². The normalized spacial score (nSPS) is 17.6. The van der Waals surface area contributed by atoms with Gasteiger partial charge in [0.15, 0.2) is 0 Å². The van der Waals surface area contributed by atoms with Crippen LogP contribution >= 0.6 is 0 Å². The van der Waals surface area contributed by atoms with Crippen LogP contribution in [0.2, 0.25) is 0 Å². The van der Waals surface area contributed by atoms with Crippen molar-refractivity contribution in [1.82, 2.24) is 23.7 Å². The molecule has 1 N–H and O–H groups in total. The first-order valence-corrected chi connectivity index (χ1v) is 10.8. The van der Waals surface area contributed by atoms with Crippen molar-refractivity contribution in [2.75, 3.05) is 19.3 Å². The number of aromatic nitrogens is 3. The Hall–Kier alpha value is -2.65. The number of nitrogens with zero attached hydrogens (tertiary/aromatic N) is 4. The number of carbonyl (C=O) groups excluding carboxylic acids is 1. The second-order valence-electron chi connectivity index (χ2n) is 6.90. The van der Waals surface area contributed by atoms with E-state index in [1.165, 1.54) is 4.31 Å². The maximum atomic E-state index is 13.0. The Morgan fingerprint density at radius 2 is 2.00 bits per heavy atom. The maximum absolute atomic E-state index is 13.0. The summed E-state index contributed by atoms with van der Waals surface area (Å²) in [5, 5.41) is 2.62. The Labute approximate surface area is 163 Å². The maximum Gasteiger partial charge on any atom is 0.267 e. The molecule has 2 aromatic heterocycles. The highest BCUT2D eigenvalue weighted by Gasteiger charge is 2.34. The van der Waals surface area contributed by atoms with Gasteiger partial charge in [-0.1, -0.05) is 12.1 Å². The van der Waals surface area contributed by atoms with E-state index >= 15 is 0 Å². The zero-order chi connectivity index (χ0) is 19.9. The van der Waals surface area contributed by atoms with Crippen LogP contribution in [-0.4, -0.2) is 52.1 Å². The molecule has 1 aliphatic heterocycles. The lowest BCUT2D eigenvalue weighted by molar-refractivity contribution is 0.0951. The molecular formula is C19H23N5O3S. The summed E-state index contributed by atoms with van der Waals surface area (Å²) >= 11 is 0. The number of carbonyl (C=O) groups is 1. The smallest absolute Gasteiger partial charge is 0.267 e. The summed E-state index contributed by atoms with van der Waals surface area (Å²) in [6.07, 6.45) is 1.68. The van der Waals surface area contributed by atoms with E-state index in [4.69, 9.17) is 0 Å². The minimum Gasteiger partial charge on any atom is -0.354 e. The standard InChI is InChI=1S/C19H23N5O3S/c1-14-16-7-8-18(19(25)20-2)23(16)9-10-24(14)28(26,27)12-11-22-13-21-15-5-3-4-6-17(15)22/h3-8,13-14H,9-12H2,1-2H3,(H,20,25)/t14-/m1/s1. The summed E-state index contributed by atoms with van der Waals surface area (Å²) in [4.78, 5) is 16.3. The van der Waals surface area contributed by atoms with E-state index in [2.05, 4.69) is 10.3 Å². The van der Waals surface area contributed by atoms with E-state index in [1.807, 2.05) is 46.4 Å². The third-order valence-electron chi connectivity index (χ3n) is 5.35. The molecule has 148 valence electrons. The van der Waals surface area contributed by atoms with Crippen molar-refractivity contribution in [2.45, 2.75) is 26.1 Å². The van der Waals surface area contributed by atoms with Gasteiger partial charge in [-0.25, -0.2) is 13.4 Å². The Morgan fingerprint density at radius 1 is 1.21 bits per heavy atom. The zero-order valence-electron chi connectivity index (χ0n) is 15.9. The van der Waals surface area contributed by atoms with E-state index in [1.54, 1.807) is 19.4 Å². The summed E-state index contributed by atoms with van der Waals surface area (Å²) in [5.41, 5.74) is 3.17. The summed E-state index contributed by atoms with van der Waals surface area (Å²) in [5.74, 6) is -0.164. The van der Waals surface area contributed by atoms with Gasteiger partial charge in [0.25, 0.3) is 5.91 Å². The van der Waals surface area contributed by atoms with Gasteiger partial charge in [-0.3, -0.25) is 4.79 Å². The van der Waals surface area contributed by atoms with Crippen LogP contribution in [0.1, 0.15) is 29.1 Å². The van der Waals surface area contributed by atoms with Crippen LogP contribution in [0.25, 0.3) is 11.0 Å². The van der Waals surface area contributed by atoms with Crippen molar-refractivity contribution >= 4 is 27.0 Å². The molecule has 28 heavy (non-hydrogen) atoms. The first-order chi connectivity index (χ1) is 13.4. The van der Waals surface area contributed by atoms with Crippen LogP contribution in [0.15, 0.2) is 42.7 Å². The number of hydrogen-bond acceptors (Lipinski definition) is 4.